The lowest BCUT2D eigenvalue weighted by Crippen LogP contribution is -2.48. The number of morpholine rings is 1. The summed E-state index contributed by atoms with van der Waals surface area (Å²) in [6.07, 6.45) is 1.43. The van der Waals surface area contributed by atoms with Crippen LogP contribution in [0.2, 0.25) is 10.0 Å². The molecule has 1 heterocycles. The zero-order chi connectivity index (χ0) is 27.7. The Kier molecular flexibility index (Phi) is 10.8. The van der Waals surface area contributed by atoms with Crippen molar-refractivity contribution in [3.05, 3.63) is 57.6 Å². The SMILES string of the molecule is COc1cc(C=NNC(=O)C(NC(=O)c2ccc(Cl)cc2Cl)C(C)C)ccc1OCC(=O)N1CCOCC1. The Morgan fingerprint density at radius 1 is 1.11 bits per heavy atom. The van der Waals surface area contributed by atoms with E-state index in [9.17, 15) is 14.4 Å². The minimum atomic E-state index is -0.860. The predicted octanol–water partition coefficient (Wildman–Crippen LogP) is 3.14. The van der Waals surface area contributed by atoms with Gasteiger partial charge in [0.05, 0.1) is 37.1 Å². The molecule has 2 aromatic carbocycles. The zero-order valence-electron chi connectivity index (χ0n) is 21.3. The van der Waals surface area contributed by atoms with Crippen LogP contribution in [0.4, 0.5) is 0 Å². The quantitative estimate of drug-likeness (QED) is 0.338. The minimum absolute atomic E-state index is 0.122. The Morgan fingerprint density at radius 3 is 2.50 bits per heavy atom. The van der Waals surface area contributed by atoms with E-state index in [1.807, 2.05) is 0 Å². The number of methoxy groups -OCH3 is 1. The lowest BCUT2D eigenvalue weighted by molar-refractivity contribution is -0.137. The first kappa shape index (κ1) is 29.2. The maximum Gasteiger partial charge on any atom is 0.262 e. The maximum atomic E-state index is 12.8. The molecule has 1 fully saturated rings. The van der Waals surface area contributed by atoms with Crippen LogP contribution in [0, 0.1) is 5.92 Å². The van der Waals surface area contributed by atoms with Crippen molar-refractivity contribution < 1.29 is 28.6 Å². The Bertz CT molecular complexity index is 1180. The first-order valence-electron chi connectivity index (χ1n) is 11.9. The second-order valence-corrected chi connectivity index (χ2v) is 9.59. The lowest BCUT2D eigenvalue weighted by atomic mass is 10.0. The van der Waals surface area contributed by atoms with Gasteiger partial charge in [-0.25, -0.2) is 5.43 Å². The topological polar surface area (TPSA) is 119 Å². The van der Waals surface area contributed by atoms with Gasteiger partial charge in [-0.1, -0.05) is 37.0 Å². The molecule has 38 heavy (non-hydrogen) atoms. The van der Waals surface area contributed by atoms with Gasteiger partial charge in [-0.05, 0) is 47.9 Å². The summed E-state index contributed by atoms with van der Waals surface area (Å²) < 4.78 is 16.3. The monoisotopic (exact) mass is 564 g/mol. The standard InChI is InChI=1S/C26H30Cl2N4O6/c1-16(2)24(30-25(34)19-6-5-18(27)13-20(19)28)26(35)31-29-14-17-4-7-21(22(12-17)36-3)38-15-23(33)32-8-10-37-11-9-32/h4-7,12-14,16,24H,8-11,15H2,1-3H3,(H,30,34)(H,31,35). The molecular formula is C26H30Cl2N4O6. The van der Waals surface area contributed by atoms with E-state index >= 15 is 0 Å². The highest BCUT2D eigenvalue weighted by atomic mass is 35.5. The number of amides is 3. The molecular weight excluding hydrogens is 535 g/mol. The number of halogens is 2. The largest absolute Gasteiger partial charge is 0.493 e. The van der Waals surface area contributed by atoms with Crippen LogP contribution in [-0.4, -0.2) is 74.9 Å². The maximum absolute atomic E-state index is 12.8. The summed E-state index contributed by atoms with van der Waals surface area (Å²) in [5.74, 6) is -0.549. The molecule has 1 aliphatic rings. The Balaban J connectivity index is 1.58. The van der Waals surface area contributed by atoms with Gasteiger partial charge in [0, 0.05) is 18.1 Å². The molecule has 1 saturated heterocycles. The van der Waals surface area contributed by atoms with Crippen LogP contribution in [0.15, 0.2) is 41.5 Å². The van der Waals surface area contributed by atoms with Gasteiger partial charge in [-0.15, -0.1) is 0 Å². The molecule has 0 saturated carbocycles. The van der Waals surface area contributed by atoms with Crippen LogP contribution < -0.4 is 20.2 Å². The third-order valence-corrected chi connectivity index (χ3v) is 6.25. The highest BCUT2D eigenvalue weighted by molar-refractivity contribution is 6.36. The van der Waals surface area contributed by atoms with Crippen LogP contribution in [-0.2, 0) is 14.3 Å². The summed E-state index contributed by atoms with van der Waals surface area (Å²) in [5.41, 5.74) is 3.28. The number of benzene rings is 2. The van der Waals surface area contributed by atoms with Crippen molar-refractivity contribution in [3.63, 3.8) is 0 Å². The van der Waals surface area contributed by atoms with E-state index in [4.69, 9.17) is 37.4 Å². The first-order valence-corrected chi connectivity index (χ1v) is 12.7. The number of carbonyl (C=O) groups is 3. The molecule has 0 radical (unpaired) electrons. The van der Waals surface area contributed by atoms with Gasteiger partial charge in [0.15, 0.2) is 18.1 Å². The minimum Gasteiger partial charge on any atom is -0.493 e. The van der Waals surface area contributed by atoms with Crippen molar-refractivity contribution in [2.24, 2.45) is 11.0 Å². The fourth-order valence-corrected chi connectivity index (χ4v) is 4.09. The van der Waals surface area contributed by atoms with Crippen molar-refractivity contribution in [2.45, 2.75) is 19.9 Å². The van der Waals surface area contributed by atoms with Crippen LogP contribution in [0.1, 0.15) is 29.8 Å². The number of nitrogens with zero attached hydrogens (tertiary/aromatic N) is 2. The van der Waals surface area contributed by atoms with Gasteiger partial charge in [0.2, 0.25) is 0 Å². The molecule has 12 heteroatoms. The number of carbonyl (C=O) groups excluding carboxylic acids is 3. The summed E-state index contributed by atoms with van der Waals surface area (Å²) in [6.45, 7) is 5.58. The van der Waals surface area contributed by atoms with Crippen molar-refractivity contribution in [1.29, 1.82) is 0 Å². The molecule has 0 aromatic heterocycles. The number of hydrogen-bond donors (Lipinski definition) is 2. The second-order valence-electron chi connectivity index (χ2n) is 8.75. The smallest absolute Gasteiger partial charge is 0.262 e. The molecule has 1 atom stereocenters. The molecule has 2 N–H and O–H groups in total. The van der Waals surface area contributed by atoms with Crippen molar-refractivity contribution in [1.82, 2.24) is 15.6 Å². The molecule has 0 spiro atoms. The third kappa shape index (κ3) is 8.08. The van der Waals surface area contributed by atoms with E-state index in [1.54, 1.807) is 43.0 Å². The molecule has 3 amide bonds. The van der Waals surface area contributed by atoms with Gasteiger partial charge in [-0.3, -0.25) is 14.4 Å². The Morgan fingerprint density at radius 2 is 1.84 bits per heavy atom. The fourth-order valence-electron chi connectivity index (χ4n) is 3.59. The predicted molar refractivity (Wildman–Crippen MR) is 144 cm³/mol. The molecule has 1 unspecified atom stereocenters. The van der Waals surface area contributed by atoms with E-state index in [-0.39, 0.29) is 29.0 Å². The molecule has 2 aromatic rings. The second kappa shape index (κ2) is 14.0. The molecule has 10 nitrogen and oxygen atoms in total. The highest BCUT2D eigenvalue weighted by Crippen LogP contribution is 2.27. The van der Waals surface area contributed by atoms with E-state index in [2.05, 4.69) is 15.8 Å². The van der Waals surface area contributed by atoms with Crippen molar-refractivity contribution in [3.8, 4) is 11.5 Å². The average molecular weight is 565 g/mol. The average Bonchev–Trinajstić information content (AvgIpc) is 2.90. The van der Waals surface area contributed by atoms with E-state index in [1.165, 1.54) is 25.5 Å². The summed E-state index contributed by atoms with van der Waals surface area (Å²) in [5, 5.41) is 7.28. The van der Waals surface area contributed by atoms with Crippen LogP contribution in [0.25, 0.3) is 0 Å². The van der Waals surface area contributed by atoms with Crippen molar-refractivity contribution in [2.75, 3.05) is 40.0 Å². The van der Waals surface area contributed by atoms with Crippen LogP contribution in [0.3, 0.4) is 0 Å². The van der Waals surface area contributed by atoms with Gasteiger partial charge >= 0.3 is 0 Å². The fraction of sp³-hybridized carbons (Fsp3) is 0.385. The zero-order valence-corrected chi connectivity index (χ0v) is 22.8. The van der Waals surface area contributed by atoms with Gasteiger partial charge in [0.25, 0.3) is 17.7 Å². The van der Waals surface area contributed by atoms with Crippen LogP contribution in [0.5, 0.6) is 11.5 Å². The normalized spacial score (nSPS) is 14.3. The Labute approximate surface area is 231 Å². The first-order chi connectivity index (χ1) is 18.2. The summed E-state index contributed by atoms with van der Waals surface area (Å²) in [7, 11) is 1.48. The molecule has 0 bridgehead atoms. The van der Waals surface area contributed by atoms with E-state index < -0.39 is 17.9 Å². The van der Waals surface area contributed by atoms with Crippen LogP contribution >= 0.6 is 23.2 Å². The van der Waals surface area contributed by atoms with E-state index in [0.29, 0.717) is 48.4 Å². The lowest BCUT2D eigenvalue weighted by Gasteiger charge is -2.26. The van der Waals surface area contributed by atoms with Gasteiger partial charge in [-0.2, -0.15) is 5.10 Å². The molecule has 204 valence electrons. The molecule has 3 rings (SSSR count). The van der Waals surface area contributed by atoms with Gasteiger partial charge in [0.1, 0.15) is 6.04 Å². The number of hydrogen-bond acceptors (Lipinski definition) is 7. The summed E-state index contributed by atoms with van der Waals surface area (Å²) in [4.78, 5) is 39.4. The summed E-state index contributed by atoms with van der Waals surface area (Å²) in [6, 6.07) is 8.66. The number of ether oxygens (including phenoxy) is 3. The Hall–Kier alpha value is -3.34. The molecule has 0 aliphatic carbocycles. The number of rotatable bonds is 10. The highest BCUT2D eigenvalue weighted by Gasteiger charge is 2.25. The van der Waals surface area contributed by atoms with E-state index in [0.717, 1.165) is 0 Å². The van der Waals surface area contributed by atoms with Crippen molar-refractivity contribution >= 4 is 47.1 Å². The number of nitrogens with one attached hydrogen (secondary N) is 2. The summed E-state index contributed by atoms with van der Waals surface area (Å²) >= 11 is 12.0. The molecule has 1 aliphatic heterocycles. The third-order valence-electron chi connectivity index (χ3n) is 5.70. The number of hydrazone groups is 1. The van der Waals surface area contributed by atoms with Gasteiger partial charge < -0.3 is 24.4 Å².